The van der Waals surface area contributed by atoms with E-state index in [0.29, 0.717) is 18.7 Å². The Labute approximate surface area is 210 Å². The standard InChI is InChI=1S/C29H35NO3.ClH/c1-21(2)30(22(3)4)18-17-26(24-13-9-6-10-14-24)27-19-25(29(31)32)15-16-28(27)33-20-23-11-7-5-8-12-23;/h5-16,19,21-22,26H,17-18,20H2,1-4H3,(H,31,32);1H/t26-;/m1./s1. The van der Waals surface area contributed by atoms with E-state index in [1.54, 1.807) is 18.2 Å². The number of carboxylic acid groups (broad SMARTS) is 1. The van der Waals surface area contributed by atoms with Gasteiger partial charge in [-0.2, -0.15) is 0 Å². The first kappa shape index (κ1) is 27.4. The molecule has 3 aromatic rings. The highest BCUT2D eigenvalue weighted by Gasteiger charge is 2.23. The lowest BCUT2D eigenvalue weighted by atomic mass is 9.86. The predicted molar refractivity (Wildman–Crippen MR) is 141 cm³/mol. The summed E-state index contributed by atoms with van der Waals surface area (Å²) in [6.07, 6.45) is 0.866. The van der Waals surface area contributed by atoms with Crippen LogP contribution < -0.4 is 4.74 Å². The molecule has 0 aliphatic rings. The summed E-state index contributed by atoms with van der Waals surface area (Å²) in [6.45, 7) is 10.2. The van der Waals surface area contributed by atoms with Crippen LogP contribution in [0.15, 0.2) is 78.9 Å². The maximum atomic E-state index is 11.8. The summed E-state index contributed by atoms with van der Waals surface area (Å²) in [4.78, 5) is 14.3. The number of carbonyl (C=O) groups is 1. The Morgan fingerprint density at radius 1 is 0.882 bits per heavy atom. The van der Waals surface area contributed by atoms with Crippen LogP contribution in [0.4, 0.5) is 0 Å². The quantitative estimate of drug-likeness (QED) is 0.319. The zero-order valence-electron chi connectivity index (χ0n) is 20.5. The van der Waals surface area contributed by atoms with Crippen LogP contribution in [0.2, 0.25) is 0 Å². The molecule has 0 aliphatic heterocycles. The van der Waals surface area contributed by atoms with Gasteiger partial charge in [-0.3, -0.25) is 4.90 Å². The molecule has 3 aromatic carbocycles. The summed E-state index contributed by atoms with van der Waals surface area (Å²) >= 11 is 0. The van der Waals surface area contributed by atoms with Crippen molar-refractivity contribution >= 4 is 18.4 Å². The largest absolute Gasteiger partial charge is 0.489 e. The number of benzene rings is 3. The van der Waals surface area contributed by atoms with Gasteiger partial charge in [0.25, 0.3) is 0 Å². The van der Waals surface area contributed by atoms with Crippen molar-refractivity contribution in [2.45, 2.75) is 58.7 Å². The van der Waals surface area contributed by atoms with E-state index in [1.165, 1.54) is 0 Å². The molecule has 0 spiro atoms. The molecule has 0 fully saturated rings. The molecule has 182 valence electrons. The second kappa shape index (κ2) is 13.2. The van der Waals surface area contributed by atoms with Gasteiger partial charge in [0, 0.05) is 23.6 Å². The summed E-state index contributed by atoms with van der Waals surface area (Å²) < 4.78 is 6.26. The van der Waals surface area contributed by atoms with E-state index in [9.17, 15) is 9.90 Å². The number of halogens is 1. The molecule has 0 radical (unpaired) electrons. The smallest absolute Gasteiger partial charge is 0.335 e. The van der Waals surface area contributed by atoms with Crippen molar-refractivity contribution in [1.82, 2.24) is 4.90 Å². The number of hydrogen-bond donors (Lipinski definition) is 1. The Morgan fingerprint density at radius 2 is 1.47 bits per heavy atom. The number of hydrogen-bond acceptors (Lipinski definition) is 3. The van der Waals surface area contributed by atoms with Gasteiger partial charge in [-0.05, 0) is 70.0 Å². The Balaban J connectivity index is 0.00000408. The molecule has 34 heavy (non-hydrogen) atoms. The minimum absolute atomic E-state index is 0. The number of nitrogens with zero attached hydrogens (tertiary/aromatic N) is 1. The molecule has 0 unspecified atom stereocenters. The molecule has 0 aliphatic carbocycles. The molecule has 0 saturated carbocycles. The summed E-state index contributed by atoms with van der Waals surface area (Å²) in [6, 6.07) is 26.4. The average molecular weight is 482 g/mol. The number of aromatic carboxylic acids is 1. The number of ether oxygens (including phenoxy) is 1. The fourth-order valence-electron chi connectivity index (χ4n) is 4.40. The normalized spacial score (nSPS) is 12.0. The van der Waals surface area contributed by atoms with E-state index >= 15 is 0 Å². The van der Waals surface area contributed by atoms with Gasteiger partial charge in [-0.1, -0.05) is 60.7 Å². The Hall–Kier alpha value is -2.82. The van der Waals surface area contributed by atoms with E-state index in [4.69, 9.17) is 4.74 Å². The lowest BCUT2D eigenvalue weighted by Gasteiger charge is -2.32. The Morgan fingerprint density at radius 3 is 2.03 bits per heavy atom. The third-order valence-electron chi connectivity index (χ3n) is 6.07. The van der Waals surface area contributed by atoms with Crippen molar-refractivity contribution in [2.24, 2.45) is 0 Å². The predicted octanol–water partition coefficient (Wildman–Crippen LogP) is 7.03. The lowest BCUT2D eigenvalue weighted by molar-refractivity contribution is 0.0696. The molecule has 3 rings (SSSR count). The maximum absolute atomic E-state index is 11.8. The molecule has 1 N–H and O–H groups in total. The molecule has 1 atom stereocenters. The van der Waals surface area contributed by atoms with E-state index in [0.717, 1.165) is 35.4 Å². The van der Waals surface area contributed by atoms with E-state index in [-0.39, 0.29) is 23.9 Å². The van der Waals surface area contributed by atoms with Crippen molar-refractivity contribution in [1.29, 1.82) is 0 Å². The minimum atomic E-state index is -0.927. The molecule has 5 heteroatoms. The van der Waals surface area contributed by atoms with Crippen LogP contribution in [0.3, 0.4) is 0 Å². The van der Waals surface area contributed by atoms with Crippen LogP contribution in [0.5, 0.6) is 5.75 Å². The van der Waals surface area contributed by atoms with Crippen molar-refractivity contribution < 1.29 is 14.6 Å². The summed E-state index contributed by atoms with van der Waals surface area (Å²) in [5.41, 5.74) is 3.44. The molecular formula is C29H36ClNO3. The maximum Gasteiger partial charge on any atom is 0.335 e. The van der Waals surface area contributed by atoms with Gasteiger partial charge >= 0.3 is 5.97 Å². The number of carboxylic acids is 1. The zero-order valence-corrected chi connectivity index (χ0v) is 21.3. The fraction of sp³-hybridized carbons (Fsp3) is 0.345. The van der Waals surface area contributed by atoms with E-state index in [2.05, 4.69) is 44.7 Å². The Kier molecular flexibility index (Phi) is 10.6. The Bertz CT molecular complexity index is 1010. The average Bonchev–Trinajstić information content (AvgIpc) is 2.81. The molecule has 4 nitrogen and oxygen atoms in total. The van der Waals surface area contributed by atoms with Gasteiger partial charge in [0.05, 0.1) is 5.56 Å². The van der Waals surface area contributed by atoms with Gasteiger partial charge in [0.1, 0.15) is 12.4 Å². The van der Waals surface area contributed by atoms with Gasteiger partial charge in [0.15, 0.2) is 0 Å². The highest BCUT2D eigenvalue weighted by Crippen LogP contribution is 2.36. The van der Waals surface area contributed by atoms with Gasteiger partial charge < -0.3 is 9.84 Å². The lowest BCUT2D eigenvalue weighted by Crippen LogP contribution is -2.38. The zero-order chi connectivity index (χ0) is 23.8. The second-order valence-corrected chi connectivity index (χ2v) is 9.01. The first-order valence-corrected chi connectivity index (χ1v) is 11.7. The van der Waals surface area contributed by atoms with Crippen LogP contribution in [0, 0.1) is 0 Å². The molecule has 0 aromatic heterocycles. The fourth-order valence-corrected chi connectivity index (χ4v) is 4.40. The van der Waals surface area contributed by atoms with Crippen LogP contribution in [-0.2, 0) is 6.61 Å². The van der Waals surface area contributed by atoms with Crippen molar-refractivity contribution in [2.75, 3.05) is 6.54 Å². The molecule has 0 amide bonds. The van der Waals surface area contributed by atoms with E-state index < -0.39 is 5.97 Å². The number of rotatable bonds is 11. The monoisotopic (exact) mass is 481 g/mol. The highest BCUT2D eigenvalue weighted by atomic mass is 35.5. The minimum Gasteiger partial charge on any atom is -0.489 e. The molecular weight excluding hydrogens is 446 g/mol. The van der Waals surface area contributed by atoms with E-state index in [1.807, 2.05) is 48.5 Å². The topological polar surface area (TPSA) is 49.8 Å². The highest BCUT2D eigenvalue weighted by molar-refractivity contribution is 5.88. The van der Waals surface area contributed by atoms with Gasteiger partial charge in [-0.25, -0.2) is 4.79 Å². The molecule has 0 bridgehead atoms. The first-order chi connectivity index (χ1) is 15.9. The van der Waals surface area contributed by atoms with Gasteiger partial charge in [0.2, 0.25) is 0 Å². The second-order valence-electron chi connectivity index (χ2n) is 9.01. The summed E-state index contributed by atoms with van der Waals surface area (Å²) in [7, 11) is 0. The molecule has 0 saturated heterocycles. The van der Waals surface area contributed by atoms with Crippen molar-refractivity contribution in [3.05, 3.63) is 101 Å². The first-order valence-electron chi connectivity index (χ1n) is 11.7. The van der Waals surface area contributed by atoms with Crippen LogP contribution >= 0.6 is 12.4 Å². The SMILES string of the molecule is CC(C)N(CC[C@H](c1ccccc1)c1cc(C(=O)O)ccc1OCc1ccccc1)C(C)C.Cl. The third-order valence-corrected chi connectivity index (χ3v) is 6.07. The summed E-state index contributed by atoms with van der Waals surface area (Å²) in [5.74, 6) is -0.168. The third kappa shape index (κ3) is 7.34. The van der Waals surface area contributed by atoms with Crippen LogP contribution in [-0.4, -0.2) is 34.6 Å². The summed E-state index contributed by atoms with van der Waals surface area (Å²) in [5, 5.41) is 9.68. The van der Waals surface area contributed by atoms with Gasteiger partial charge in [-0.15, -0.1) is 12.4 Å². The van der Waals surface area contributed by atoms with Crippen LogP contribution in [0.1, 0.15) is 67.1 Å². The van der Waals surface area contributed by atoms with Crippen molar-refractivity contribution in [3.63, 3.8) is 0 Å². The van der Waals surface area contributed by atoms with Crippen molar-refractivity contribution in [3.8, 4) is 5.75 Å². The van der Waals surface area contributed by atoms with Crippen LogP contribution in [0.25, 0.3) is 0 Å². The molecule has 0 heterocycles.